The smallest absolute Gasteiger partial charge is 0.350 e. The minimum Gasteiger partial charge on any atom is -0.465 e. The van der Waals surface area contributed by atoms with Crippen LogP contribution in [0.4, 0.5) is 5.69 Å². The van der Waals surface area contributed by atoms with Crippen molar-refractivity contribution in [2.45, 2.75) is 6.42 Å². The van der Waals surface area contributed by atoms with Gasteiger partial charge >= 0.3 is 5.97 Å². The monoisotopic (exact) mass is 245 g/mol. The predicted molar refractivity (Wildman–Crippen MR) is 62.8 cm³/mol. The lowest BCUT2D eigenvalue weighted by Crippen LogP contribution is -2.13. The summed E-state index contributed by atoms with van der Waals surface area (Å²) in [6, 6.07) is 1.67. The number of esters is 1. The molecular weight excluding hydrogens is 234 g/mol. The van der Waals surface area contributed by atoms with Gasteiger partial charge in [0.15, 0.2) is 0 Å². The zero-order chi connectivity index (χ0) is 11.3. The topological polar surface area (TPSA) is 55.4 Å². The van der Waals surface area contributed by atoms with Crippen molar-refractivity contribution < 1.29 is 14.3 Å². The lowest BCUT2D eigenvalue weighted by molar-refractivity contribution is -0.115. The Balaban J connectivity index is 2.73. The van der Waals surface area contributed by atoms with Crippen molar-refractivity contribution in [1.29, 1.82) is 0 Å². The van der Waals surface area contributed by atoms with E-state index in [0.29, 0.717) is 22.7 Å². The van der Waals surface area contributed by atoms with Gasteiger partial charge in [-0.2, -0.15) is 12.6 Å². The van der Waals surface area contributed by atoms with Crippen molar-refractivity contribution in [3.05, 3.63) is 16.3 Å². The van der Waals surface area contributed by atoms with Crippen LogP contribution >= 0.6 is 24.0 Å². The number of thiol groups is 1. The van der Waals surface area contributed by atoms with Crippen LogP contribution in [0.5, 0.6) is 0 Å². The van der Waals surface area contributed by atoms with E-state index in [1.807, 2.05) is 0 Å². The molecule has 0 aliphatic carbocycles. The zero-order valence-electron chi connectivity index (χ0n) is 8.15. The average molecular weight is 245 g/mol. The van der Waals surface area contributed by atoms with Crippen LogP contribution in [-0.2, 0) is 9.53 Å². The first-order valence-corrected chi connectivity index (χ1v) is 5.76. The summed E-state index contributed by atoms with van der Waals surface area (Å²) >= 11 is 5.18. The first-order valence-electron chi connectivity index (χ1n) is 4.25. The van der Waals surface area contributed by atoms with Crippen LogP contribution in [0.25, 0.3) is 0 Å². The number of anilines is 1. The quantitative estimate of drug-likeness (QED) is 0.628. The molecule has 1 rings (SSSR count). The summed E-state index contributed by atoms with van der Waals surface area (Å²) in [5, 5.41) is 4.35. The molecule has 82 valence electrons. The van der Waals surface area contributed by atoms with E-state index in [1.54, 1.807) is 11.4 Å². The Bertz CT molecular complexity index is 362. The fraction of sp³-hybridized carbons (Fsp3) is 0.333. The van der Waals surface area contributed by atoms with Crippen LogP contribution in [0, 0.1) is 0 Å². The molecule has 0 saturated heterocycles. The third kappa shape index (κ3) is 3.24. The summed E-state index contributed by atoms with van der Waals surface area (Å²) < 4.78 is 4.58. The van der Waals surface area contributed by atoms with Crippen molar-refractivity contribution in [3.8, 4) is 0 Å². The maximum atomic E-state index is 11.3. The highest BCUT2D eigenvalue weighted by Gasteiger charge is 2.14. The fourth-order valence-electron chi connectivity index (χ4n) is 0.973. The Morgan fingerprint density at radius 2 is 2.33 bits per heavy atom. The third-order valence-corrected chi connectivity index (χ3v) is 2.77. The summed E-state index contributed by atoms with van der Waals surface area (Å²) in [7, 11) is 1.31. The Labute approximate surface area is 97.0 Å². The minimum absolute atomic E-state index is 0.159. The molecule has 0 radical (unpaired) electrons. The van der Waals surface area contributed by atoms with Crippen LogP contribution in [0.15, 0.2) is 11.4 Å². The Morgan fingerprint density at radius 3 is 2.93 bits per heavy atom. The van der Waals surface area contributed by atoms with Crippen LogP contribution < -0.4 is 5.32 Å². The standard InChI is InChI=1S/C9H11NO3S2/c1-13-9(12)8-6(3-5-15-8)10-7(11)2-4-14/h3,5,14H,2,4H2,1H3,(H,10,11). The zero-order valence-corrected chi connectivity index (χ0v) is 9.86. The van der Waals surface area contributed by atoms with Gasteiger partial charge in [-0.05, 0) is 17.2 Å². The predicted octanol–water partition coefficient (Wildman–Crippen LogP) is 1.79. The first-order chi connectivity index (χ1) is 7.19. The van der Waals surface area contributed by atoms with Crippen LogP contribution in [0.1, 0.15) is 16.1 Å². The molecule has 0 saturated carbocycles. The van der Waals surface area contributed by atoms with E-state index in [9.17, 15) is 9.59 Å². The summed E-state index contributed by atoms with van der Waals surface area (Å²) in [6.07, 6.45) is 0.319. The normalized spacial score (nSPS) is 9.73. The van der Waals surface area contributed by atoms with E-state index in [-0.39, 0.29) is 5.91 Å². The van der Waals surface area contributed by atoms with Crippen molar-refractivity contribution in [2.75, 3.05) is 18.2 Å². The molecule has 1 N–H and O–H groups in total. The molecule has 0 spiro atoms. The number of hydrogen-bond donors (Lipinski definition) is 2. The lowest BCUT2D eigenvalue weighted by atomic mass is 10.3. The van der Waals surface area contributed by atoms with Crippen molar-refractivity contribution in [2.24, 2.45) is 0 Å². The number of hydrogen-bond acceptors (Lipinski definition) is 5. The Hall–Kier alpha value is -1.01. The van der Waals surface area contributed by atoms with Gasteiger partial charge in [0, 0.05) is 6.42 Å². The summed E-state index contributed by atoms with van der Waals surface area (Å²) in [4.78, 5) is 22.9. The molecule has 0 aliphatic heterocycles. The SMILES string of the molecule is COC(=O)c1sccc1NC(=O)CCS. The highest BCUT2D eigenvalue weighted by molar-refractivity contribution is 7.80. The highest BCUT2D eigenvalue weighted by Crippen LogP contribution is 2.23. The van der Waals surface area contributed by atoms with Gasteiger partial charge in [-0.15, -0.1) is 11.3 Å². The summed E-state index contributed by atoms with van der Waals surface area (Å²) in [5.74, 6) is -0.122. The second kappa shape index (κ2) is 5.77. The number of ether oxygens (including phenoxy) is 1. The largest absolute Gasteiger partial charge is 0.465 e. The number of amides is 1. The molecule has 1 aromatic rings. The maximum absolute atomic E-state index is 11.3. The Morgan fingerprint density at radius 1 is 1.60 bits per heavy atom. The molecule has 6 heteroatoms. The molecule has 1 heterocycles. The van der Waals surface area contributed by atoms with E-state index < -0.39 is 5.97 Å². The van der Waals surface area contributed by atoms with E-state index in [1.165, 1.54) is 18.4 Å². The second-order valence-corrected chi connectivity index (χ2v) is 4.04. The molecule has 0 aromatic carbocycles. The van der Waals surface area contributed by atoms with Gasteiger partial charge in [-0.3, -0.25) is 4.79 Å². The average Bonchev–Trinajstić information content (AvgIpc) is 2.65. The van der Waals surface area contributed by atoms with Crippen LogP contribution in [-0.4, -0.2) is 24.7 Å². The van der Waals surface area contributed by atoms with Crippen molar-refractivity contribution in [3.63, 3.8) is 0 Å². The number of carbonyl (C=O) groups is 2. The number of rotatable bonds is 4. The van der Waals surface area contributed by atoms with Crippen molar-refractivity contribution >= 4 is 41.5 Å². The Kier molecular flexibility index (Phi) is 4.64. The molecule has 15 heavy (non-hydrogen) atoms. The molecule has 0 atom stereocenters. The van der Waals surface area contributed by atoms with Crippen molar-refractivity contribution in [1.82, 2.24) is 0 Å². The maximum Gasteiger partial charge on any atom is 0.350 e. The number of carbonyl (C=O) groups excluding carboxylic acids is 2. The summed E-state index contributed by atoms with van der Waals surface area (Å²) in [5.41, 5.74) is 0.499. The highest BCUT2D eigenvalue weighted by atomic mass is 32.1. The molecule has 0 unspecified atom stereocenters. The van der Waals surface area contributed by atoms with E-state index in [0.717, 1.165) is 0 Å². The van der Waals surface area contributed by atoms with Gasteiger partial charge in [0.25, 0.3) is 0 Å². The van der Waals surface area contributed by atoms with Gasteiger partial charge in [0.1, 0.15) is 4.88 Å². The first kappa shape index (κ1) is 12.1. The molecule has 0 fully saturated rings. The lowest BCUT2D eigenvalue weighted by Gasteiger charge is -2.03. The third-order valence-electron chi connectivity index (χ3n) is 1.65. The van der Waals surface area contributed by atoms with E-state index in [2.05, 4.69) is 22.7 Å². The molecular formula is C9H11NO3S2. The molecule has 1 amide bonds. The van der Waals surface area contributed by atoms with Gasteiger partial charge in [-0.1, -0.05) is 0 Å². The van der Waals surface area contributed by atoms with Crippen LogP contribution in [0.3, 0.4) is 0 Å². The van der Waals surface area contributed by atoms with Gasteiger partial charge in [-0.25, -0.2) is 4.79 Å². The number of methoxy groups -OCH3 is 1. The van der Waals surface area contributed by atoms with E-state index >= 15 is 0 Å². The second-order valence-electron chi connectivity index (χ2n) is 2.68. The summed E-state index contributed by atoms with van der Waals surface area (Å²) in [6.45, 7) is 0. The molecule has 1 aromatic heterocycles. The molecule has 0 bridgehead atoms. The van der Waals surface area contributed by atoms with Gasteiger partial charge < -0.3 is 10.1 Å². The van der Waals surface area contributed by atoms with Crippen LogP contribution in [0.2, 0.25) is 0 Å². The minimum atomic E-state index is -0.439. The molecule has 0 aliphatic rings. The van der Waals surface area contributed by atoms with Gasteiger partial charge in [0.2, 0.25) is 5.91 Å². The fourth-order valence-corrected chi connectivity index (χ4v) is 1.94. The van der Waals surface area contributed by atoms with E-state index in [4.69, 9.17) is 0 Å². The number of thiophene rings is 1. The number of nitrogens with one attached hydrogen (secondary N) is 1. The van der Waals surface area contributed by atoms with Gasteiger partial charge in [0.05, 0.1) is 12.8 Å². The molecule has 4 nitrogen and oxygen atoms in total.